The minimum absolute atomic E-state index is 0.585. The van der Waals surface area contributed by atoms with Crippen LogP contribution in [0.2, 0.25) is 0 Å². The normalized spacial score (nSPS) is 18.1. The Bertz CT molecular complexity index is 420. The summed E-state index contributed by atoms with van der Waals surface area (Å²) in [6.45, 7) is 7.19. The van der Waals surface area contributed by atoms with Crippen LogP contribution in [0.5, 0.6) is 0 Å². The summed E-state index contributed by atoms with van der Waals surface area (Å²) in [7, 11) is 0. The predicted molar refractivity (Wildman–Crippen MR) is 78.0 cm³/mol. The third kappa shape index (κ3) is 5.00. The fourth-order valence-corrected chi connectivity index (χ4v) is 2.74. The van der Waals surface area contributed by atoms with E-state index in [4.69, 9.17) is 0 Å². The summed E-state index contributed by atoms with van der Waals surface area (Å²) in [4.78, 5) is 2.45. The third-order valence-corrected chi connectivity index (χ3v) is 4.20. The van der Waals surface area contributed by atoms with Crippen LogP contribution in [-0.2, 0) is 12.7 Å². The molecule has 0 unspecified atom stereocenters. The van der Waals surface area contributed by atoms with Crippen LogP contribution >= 0.6 is 0 Å². The summed E-state index contributed by atoms with van der Waals surface area (Å²) in [6.07, 6.45) is -1.85. The zero-order valence-corrected chi connectivity index (χ0v) is 12.4. The van der Waals surface area contributed by atoms with Crippen molar-refractivity contribution in [2.24, 2.45) is 5.92 Å². The Morgan fingerprint density at radius 2 is 1.76 bits per heavy atom. The highest BCUT2D eigenvalue weighted by Gasteiger charge is 2.29. The Hall–Kier alpha value is -1.07. The highest BCUT2D eigenvalue weighted by atomic mass is 19.4. The van der Waals surface area contributed by atoms with Crippen LogP contribution in [-0.4, -0.2) is 31.1 Å². The van der Waals surface area contributed by atoms with Crippen LogP contribution in [0.4, 0.5) is 13.2 Å². The number of benzene rings is 1. The van der Waals surface area contributed by atoms with Crippen LogP contribution in [0, 0.1) is 5.92 Å². The smallest absolute Gasteiger partial charge is 0.312 e. The predicted octanol–water partition coefficient (Wildman–Crippen LogP) is 3.53. The number of piperidine rings is 1. The van der Waals surface area contributed by atoms with Gasteiger partial charge < -0.3 is 10.2 Å². The van der Waals surface area contributed by atoms with Crippen molar-refractivity contribution in [3.8, 4) is 0 Å². The molecule has 0 radical (unpaired) electrons. The molecule has 1 heterocycles. The Morgan fingerprint density at radius 3 is 2.29 bits per heavy atom. The Balaban J connectivity index is 1.72. The molecule has 0 amide bonds. The molecule has 0 saturated carbocycles. The van der Waals surface area contributed by atoms with Crippen LogP contribution < -0.4 is 5.32 Å². The fourth-order valence-electron chi connectivity index (χ4n) is 2.74. The highest BCUT2D eigenvalue weighted by Crippen LogP contribution is 2.29. The van der Waals surface area contributed by atoms with Gasteiger partial charge in [-0.2, -0.15) is 13.2 Å². The number of likely N-dealkylation sites (tertiary alicyclic amines) is 1. The molecule has 118 valence electrons. The van der Waals surface area contributed by atoms with E-state index in [-0.39, 0.29) is 0 Å². The minimum atomic E-state index is -4.25. The lowest BCUT2D eigenvalue weighted by atomic mass is 9.97. The summed E-state index contributed by atoms with van der Waals surface area (Å²) >= 11 is 0. The van der Waals surface area contributed by atoms with Gasteiger partial charge in [0, 0.05) is 6.54 Å². The van der Waals surface area contributed by atoms with Gasteiger partial charge in [-0.05, 0) is 62.6 Å². The molecule has 1 fully saturated rings. The van der Waals surface area contributed by atoms with Gasteiger partial charge in [-0.3, -0.25) is 0 Å². The van der Waals surface area contributed by atoms with Crippen LogP contribution in [0.25, 0.3) is 0 Å². The summed E-state index contributed by atoms with van der Waals surface area (Å²) in [6, 6.07) is 5.40. The van der Waals surface area contributed by atoms with Gasteiger partial charge in [0.25, 0.3) is 0 Å². The van der Waals surface area contributed by atoms with E-state index in [0.717, 1.165) is 43.9 Å². The molecule has 1 saturated heterocycles. The van der Waals surface area contributed by atoms with Gasteiger partial charge in [-0.15, -0.1) is 0 Å². The number of hydrogen-bond donors (Lipinski definition) is 1. The maximum atomic E-state index is 12.5. The monoisotopic (exact) mass is 300 g/mol. The molecule has 21 heavy (non-hydrogen) atoms. The minimum Gasteiger partial charge on any atom is -0.312 e. The molecule has 0 spiro atoms. The zero-order chi connectivity index (χ0) is 15.3. The summed E-state index contributed by atoms with van der Waals surface area (Å²) in [5, 5.41) is 3.36. The first-order chi connectivity index (χ1) is 9.99. The molecule has 2 nitrogen and oxygen atoms in total. The first kappa shape index (κ1) is 16.3. The molecule has 0 bridgehead atoms. The second-order valence-corrected chi connectivity index (χ2v) is 5.70. The largest absolute Gasteiger partial charge is 0.416 e. The molecule has 1 N–H and O–H groups in total. The zero-order valence-electron chi connectivity index (χ0n) is 12.4. The van der Waals surface area contributed by atoms with Crippen LogP contribution in [0.1, 0.15) is 30.9 Å². The van der Waals surface area contributed by atoms with Crippen LogP contribution in [0.15, 0.2) is 24.3 Å². The van der Waals surface area contributed by atoms with Gasteiger partial charge >= 0.3 is 6.18 Å². The molecule has 0 aromatic heterocycles. The molecule has 5 heteroatoms. The first-order valence-corrected chi connectivity index (χ1v) is 7.58. The van der Waals surface area contributed by atoms with E-state index in [1.54, 1.807) is 12.1 Å². The van der Waals surface area contributed by atoms with Crippen molar-refractivity contribution in [3.05, 3.63) is 35.4 Å². The van der Waals surface area contributed by atoms with Gasteiger partial charge in [0.15, 0.2) is 0 Å². The number of nitrogens with one attached hydrogen (secondary N) is 1. The number of nitrogens with zero attached hydrogens (tertiary/aromatic N) is 1. The van der Waals surface area contributed by atoms with Crippen molar-refractivity contribution in [1.82, 2.24) is 10.2 Å². The molecular weight excluding hydrogens is 277 g/mol. The van der Waals surface area contributed by atoms with Crippen molar-refractivity contribution in [3.63, 3.8) is 0 Å². The number of halogens is 3. The van der Waals surface area contributed by atoms with Gasteiger partial charge in [0.2, 0.25) is 0 Å². The standard InChI is InChI=1S/C16H23F3N2/c1-2-21-9-7-14(8-10-21)12-20-11-13-3-5-15(6-4-13)16(17,18)19/h3-6,14,20H,2,7-12H2,1H3. The highest BCUT2D eigenvalue weighted by molar-refractivity contribution is 5.24. The summed E-state index contributed by atoms with van der Waals surface area (Å²) < 4.78 is 37.4. The molecule has 2 rings (SSSR count). The maximum Gasteiger partial charge on any atom is 0.416 e. The van der Waals surface area contributed by atoms with E-state index < -0.39 is 11.7 Å². The van der Waals surface area contributed by atoms with Gasteiger partial charge in [0.1, 0.15) is 0 Å². The molecule has 0 atom stereocenters. The van der Waals surface area contributed by atoms with Crippen molar-refractivity contribution in [2.75, 3.05) is 26.2 Å². The average Bonchev–Trinajstić information content (AvgIpc) is 2.47. The van der Waals surface area contributed by atoms with Gasteiger partial charge in [-0.1, -0.05) is 19.1 Å². The van der Waals surface area contributed by atoms with E-state index in [1.165, 1.54) is 12.8 Å². The number of rotatable bonds is 5. The summed E-state index contributed by atoms with van der Waals surface area (Å²) in [5.74, 6) is 0.683. The summed E-state index contributed by atoms with van der Waals surface area (Å²) in [5.41, 5.74) is 0.312. The third-order valence-electron chi connectivity index (χ3n) is 4.20. The maximum absolute atomic E-state index is 12.5. The molecular formula is C16H23F3N2. The topological polar surface area (TPSA) is 15.3 Å². The Morgan fingerprint density at radius 1 is 1.14 bits per heavy atom. The van der Waals surface area contributed by atoms with Crippen molar-refractivity contribution >= 4 is 0 Å². The molecule has 1 aromatic carbocycles. The first-order valence-electron chi connectivity index (χ1n) is 7.58. The number of hydrogen-bond acceptors (Lipinski definition) is 2. The van der Waals surface area contributed by atoms with E-state index in [0.29, 0.717) is 12.5 Å². The Labute approximate surface area is 124 Å². The van der Waals surface area contributed by atoms with Gasteiger partial charge in [-0.25, -0.2) is 0 Å². The van der Waals surface area contributed by atoms with Crippen molar-refractivity contribution < 1.29 is 13.2 Å². The fraction of sp³-hybridized carbons (Fsp3) is 0.625. The second kappa shape index (κ2) is 7.27. The second-order valence-electron chi connectivity index (χ2n) is 5.70. The van der Waals surface area contributed by atoms with Crippen molar-refractivity contribution in [1.29, 1.82) is 0 Å². The lowest BCUT2D eigenvalue weighted by molar-refractivity contribution is -0.137. The van der Waals surface area contributed by atoms with E-state index in [2.05, 4.69) is 17.1 Å². The lowest BCUT2D eigenvalue weighted by Crippen LogP contribution is -2.36. The van der Waals surface area contributed by atoms with E-state index >= 15 is 0 Å². The molecule has 1 aromatic rings. The quantitative estimate of drug-likeness (QED) is 0.895. The lowest BCUT2D eigenvalue weighted by Gasteiger charge is -2.31. The molecule has 1 aliphatic heterocycles. The van der Waals surface area contributed by atoms with E-state index in [1.807, 2.05) is 0 Å². The SMILES string of the molecule is CCN1CCC(CNCc2ccc(C(F)(F)F)cc2)CC1. The molecule has 1 aliphatic rings. The van der Waals surface area contributed by atoms with E-state index in [9.17, 15) is 13.2 Å². The molecule has 0 aliphatic carbocycles. The number of alkyl halides is 3. The van der Waals surface area contributed by atoms with Gasteiger partial charge in [0.05, 0.1) is 5.56 Å². The van der Waals surface area contributed by atoms with Crippen LogP contribution in [0.3, 0.4) is 0 Å². The van der Waals surface area contributed by atoms with Crippen molar-refractivity contribution in [2.45, 2.75) is 32.5 Å². The Kier molecular flexibility index (Phi) is 5.65. The average molecular weight is 300 g/mol.